The number of esters is 1. The first-order valence-electron chi connectivity index (χ1n) is 6.89. The van der Waals surface area contributed by atoms with Gasteiger partial charge in [-0.15, -0.1) is 0 Å². The number of halogens is 2. The van der Waals surface area contributed by atoms with E-state index in [2.05, 4.69) is 15.9 Å². The van der Waals surface area contributed by atoms with Gasteiger partial charge in [0, 0.05) is 5.02 Å². The molecule has 0 radical (unpaired) electrons. The molecule has 0 aliphatic rings. The Kier molecular flexibility index (Phi) is 4.84. The maximum absolute atomic E-state index is 11.9. The highest BCUT2D eigenvalue weighted by Crippen LogP contribution is 2.28. The number of carbonyl (C=O) groups excluding carboxylic acids is 1. The number of hydrogen-bond acceptors (Lipinski definition) is 3. The second-order valence-electron chi connectivity index (χ2n) is 4.85. The molecule has 0 fully saturated rings. The van der Waals surface area contributed by atoms with E-state index >= 15 is 0 Å². The van der Waals surface area contributed by atoms with E-state index in [1.807, 2.05) is 36.4 Å². The minimum absolute atomic E-state index is 0.187. The van der Waals surface area contributed by atoms with Crippen LogP contribution < -0.4 is 9.47 Å². The lowest BCUT2D eigenvalue weighted by Crippen LogP contribution is -2.17. The molecule has 0 bridgehead atoms. The lowest BCUT2D eigenvalue weighted by Gasteiger charge is -2.09. The minimum Gasteiger partial charge on any atom is -0.481 e. The van der Waals surface area contributed by atoms with Crippen LogP contribution >= 0.6 is 27.5 Å². The van der Waals surface area contributed by atoms with Crippen LogP contribution in [0.1, 0.15) is 0 Å². The zero-order chi connectivity index (χ0) is 16.2. The van der Waals surface area contributed by atoms with Crippen molar-refractivity contribution in [2.75, 3.05) is 6.61 Å². The molecule has 0 aliphatic heterocycles. The van der Waals surface area contributed by atoms with Gasteiger partial charge < -0.3 is 9.47 Å². The molecular weight excluding hydrogens is 380 g/mol. The molecule has 0 saturated carbocycles. The first-order valence-corrected chi connectivity index (χ1v) is 8.06. The molecule has 0 saturated heterocycles. The summed E-state index contributed by atoms with van der Waals surface area (Å²) in [7, 11) is 0. The van der Waals surface area contributed by atoms with Crippen LogP contribution in [-0.4, -0.2) is 12.6 Å². The highest BCUT2D eigenvalue weighted by molar-refractivity contribution is 9.10. The zero-order valence-electron chi connectivity index (χ0n) is 12.0. The Morgan fingerprint density at radius 3 is 2.57 bits per heavy atom. The van der Waals surface area contributed by atoms with Crippen LogP contribution in [0.2, 0.25) is 5.02 Å². The van der Waals surface area contributed by atoms with Crippen molar-refractivity contribution < 1.29 is 14.3 Å². The second kappa shape index (κ2) is 7.02. The van der Waals surface area contributed by atoms with Gasteiger partial charge in [-0.1, -0.05) is 41.9 Å². The third kappa shape index (κ3) is 4.03. The van der Waals surface area contributed by atoms with Crippen LogP contribution in [0, 0.1) is 0 Å². The predicted molar refractivity (Wildman–Crippen MR) is 94.2 cm³/mol. The van der Waals surface area contributed by atoms with Crippen LogP contribution in [0.15, 0.2) is 65.1 Å². The van der Waals surface area contributed by atoms with Gasteiger partial charge >= 0.3 is 5.97 Å². The maximum atomic E-state index is 11.9. The highest BCUT2D eigenvalue weighted by Gasteiger charge is 2.09. The Bertz CT molecular complexity index is 864. The summed E-state index contributed by atoms with van der Waals surface area (Å²) in [5.41, 5.74) is 0. The van der Waals surface area contributed by atoms with E-state index in [1.54, 1.807) is 24.3 Å². The topological polar surface area (TPSA) is 35.5 Å². The maximum Gasteiger partial charge on any atom is 0.349 e. The van der Waals surface area contributed by atoms with Crippen LogP contribution in [0.3, 0.4) is 0 Å². The average Bonchev–Trinajstić information content (AvgIpc) is 2.54. The Balaban J connectivity index is 1.64. The summed E-state index contributed by atoms with van der Waals surface area (Å²) in [6.45, 7) is -0.187. The monoisotopic (exact) mass is 390 g/mol. The van der Waals surface area contributed by atoms with E-state index in [0.717, 1.165) is 10.8 Å². The Labute approximate surface area is 146 Å². The summed E-state index contributed by atoms with van der Waals surface area (Å²) in [4.78, 5) is 11.9. The SMILES string of the molecule is O=C(COc1ccc(Cl)cc1Br)Oc1ccc2ccccc2c1. The van der Waals surface area contributed by atoms with Gasteiger partial charge in [0.25, 0.3) is 0 Å². The van der Waals surface area contributed by atoms with E-state index < -0.39 is 5.97 Å². The fourth-order valence-electron chi connectivity index (χ4n) is 2.12. The van der Waals surface area contributed by atoms with Gasteiger partial charge in [-0.2, -0.15) is 0 Å². The molecule has 0 atom stereocenters. The van der Waals surface area contributed by atoms with E-state index in [-0.39, 0.29) is 6.61 Å². The van der Waals surface area contributed by atoms with Gasteiger partial charge in [0.05, 0.1) is 4.47 Å². The molecule has 0 unspecified atom stereocenters. The smallest absolute Gasteiger partial charge is 0.349 e. The third-order valence-corrected chi connectivity index (χ3v) is 4.05. The minimum atomic E-state index is -0.470. The quantitative estimate of drug-likeness (QED) is 0.451. The molecule has 5 heteroatoms. The van der Waals surface area contributed by atoms with Crippen molar-refractivity contribution in [2.45, 2.75) is 0 Å². The first kappa shape index (κ1) is 15.8. The van der Waals surface area contributed by atoms with Gasteiger partial charge in [0.2, 0.25) is 0 Å². The molecule has 3 rings (SSSR count). The van der Waals surface area contributed by atoms with Crippen molar-refractivity contribution in [3.05, 3.63) is 70.2 Å². The van der Waals surface area contributed by atoms with E-state index in [9.17, 15) is 4.79 Å². The molecule has 0 N–H and O–H groups in total. The van der Waals surface area contributed by atoms with Crippen LogP contribution in [-0.2, 0) is 4.79 Å². The van der Waals surface area contributed by atoms with Gasteiger partial charge in [-0.25, -0.2) is 4.79 Å². The fraction of sp³-hybridized carbons (Fsp3) is 0.0556. The van der Waals surface area contributed by atoms with Crippen molar-refractivity contribution in [3.8, 4) is 11.5 Å². The first-order chi connectivity index (χ1) is 11.1. The Morgan fingerprint density at radius 1 is 1.00 bits per heavy atom. The molecule has 0 aromatic heterocycles. The normalized spacial score (nSPS) is 10.5. The number of rotatable bonds is 4. The summed E-state index contributed by atoms with van der Waals surface area (Å²) >= 11 is 9.19. The lowest BCUT2D eigenvalue weighted by molar-refractivity contribution is -0.136. The molecule has 0 spiro atoms. The van der Waals surface area contributed by atoms with Crippen LogP contribution in [0.5, 0.6) is 11.5 Å². The molecule has 3 nitrogen and oxygen atoms in total. The largest absolute Gasteiger partial charge is 0.481 e. The number of carbonyl (C=O) groups is 1. The molecule has 3 aromatic carbocycles. The zero-order valence-corrected chi connectivity index (χ0v) is 14.3. The summed E-state index contributed by atoms with van der Waals surface area (Å²) in [6.07, 6.45) is 0. The fourth-order valence-corrected chi connectivity index (χ4v) is 2.92. The second-order valence-corrected chi connectivity index (χ2v) is 6.14. The van der Waals surface area contributed by atoms with E-state index in [0.29, 0.717) is 21.0 Å². The molecule has 116 valence electrons. The van der Waals surface area contributed by atoms with Gasteiger partial charge in [-0.3, -0.25) is 0 Å². The molecule has 0 aliphatic carbocycles. The van der Waals surface area contributed by atoms with Gasteiger partial charge in [0.15, 0.2) is 6.61 Å². The van der Waals surface area contributed by atoms with Crippen molar-refractivity contribution in [1.29, 1.82) is 0 Å². The number of fused-ring (bicyclic) bond motifs is 1. The summed E-state index contributed by atoms with van der Waals surface area (Å²) in [5, 5.41) is 2.69. The molecule has 0 amide bonds. The summed E-state index contributed by atoms with van der Waals surface area (Å²) in [5.74, 6) is 0.555. The molecular formula is C18H12BrClO3. The molecule has 23 heavy (non-hydrogen) atoms. The van der Waals surface area contributed by atoms with Gasteiger partial charge in [0.1, 0.15) is 11.5 Å². The number of ether oxygens (including phenoxy) is 2. The predicted octanol–water partition coefficient (Wildman–Crippen LogP) is 5.24. The van der Waals surface area contributed by atoms with Gasteiger partial charge in [-0.05, 0) is 57.0 Å². The Morgan fingerprint density at radius 2 is 1.78 bits per heavy atom. The summed E-state index contributed by atoms with van der Waals surface area (Å²) < 4.78 is 11.4. The highest BCUT2D eigenvalue weighted by atomic mass is 79.9. The number of hydrogen-bond donors (Lipinski definition) is 0. The van der Waals surface area contributed by atoms with Crippen LogP contribution in [0.25, 0.3) is 10.8 Å². The van der Waals surface area contributed by atoms with Crippen molar-refractivity contribution in [1.82, 2.24) is 0 Å². The molecule has 3 aromatic rings. The lowest BCUT2D eigenvalue weighted by atomic mass is 10.1. The molecule has 0 heterocycles. The average molecular weight is 392 g/mol. The van der Waals surface area contributed by atoms with Crippen molar-refractivity contribution in [3.63, 3.8) is 0 Å². The van der Waals surface area contributed by atoms with Crippen molar-refractivity contribution >= 4 is 44.3 Å². The van der Waals surface area contributed by atoms with Crippen LogP contribution in [0.4, 0.5) is 0 Å². The third-order valence-electron chi connectivity index (χ3n) is 3.19. The standard InChI is InChI=1S/C18H12BrClO3/c19-16-10-14(20)6-8-17(16)22-11-18(21)23-15-7-5-12-3-1-2-4-13(12)9-15/h1-10H,11H2. The number of benzene rings is 3. The Hall–Kier alpha value is -2.04. The van der Waals surface area contributed by atoms with E-state index in [4.69, 9.17) is 21.1 Å². The summed E-state index contributed by atoms with van der Waals surface area (Å²) in [6, 6.07) is 18.5. The van der Waals surface area contributed by atoms with E-state index in [1.165, 1.54) is 0 Å². The van der Waals surface area contributed by atoms with Crippen molar-refractivity contribution in [2.24, 2.45) is 0 Å².